The van der Waals surface area contributed by atoms with Crippen LogP contribution in [-0.4, -0.2) is 37.0 Å². The van der Waals surface area contributed by atoms with Crippen molar-refractivity contribution in [3.63, 3.8) is 0 Å². The highest BCUT2D eigenvalue weighted by atomic mass is 16.5. The van der Waals surface area contributed by atoms with Gasteiger partial charge in [-0.1, -0.05) is 12.1 Å². The van der Waals surface area contributed by atoms with Gasteiger partial charge in [0.2, 0.25) is 0 Å². The summed E-state index contributed by atoms with van der Waals surface area (Å²) in [5.41, 5.74) is 1.95. The summed E-state index contributed by atoms with van der Waals surface area (Å²) in [4.78, 5) is 25.1. The quantitative estimate of drug-likeness (QED) is 0.789. The molecule has 0 radical (unpaired) electrons. The van der Waals surface area contributed by atoms with E-state index in [1.165, 1.54) is 17.9 Å². The third-order valence-corrected chi connectivity index (χ3v) is 3.08. The molecule has 0 fully saturated rings. The van der Waals surface area contributed by atoms with E-state index in [0.29, 0.717) is 12.1 Å². The van der Waals surface area contributed by atoms with Gasteiger partial charge >= 0.3 is 5.97 Å². The Hall–Kier alpha value is -2.63. The molecule has 1 heterocycles. The number of carbonyl (C=O) groups is 1. The summed E-state index contributed by atoms with van der Waals surface area (Å²) in [7, 11) is 5.05. The van der Waals surface area contributed by atoms with Crippen LogP contribution in [0.5, 0.6) is 0 Å². The van der Waals surface area contributed by atoms with Gasteiger partial charge in [-0.15, -0.1) is 0 Å². The van der Waals surface area contributed by atoms with Crippen LogP contribution in [-0.2, 0) is 11.3 Å². The molecule has 2 rings (SSSR count). The lowest BCUT2D eigenvalue weighted by atomic mass is 10.1. The van der Waals surface area contributed by atoms with Crippen molar-refractivity contribution in [3.8, 4) is 0 Å². The molecule has 21 heavy (non-hydrogen) atoms. The second-order valence-electron chi connectivity index (χ2n) is 4.79. The molecule has 0 aliphatic rings. The molecule has 0 atom stereocenters. The molecule has 0 unspecified atom stereocenters. The molecule has 6 nitrogen and oxygen atoms in total. The van der Waals surface area contributed by atoms with Gasteiger partial charge in [-0.25, -0.2) is 9.48 Å². The van der Waals surface area contributed by atoms with E-state index in [1.807, 2.05) is 19.0 Å². The van der Waals surface area contributed by atoms with Crippen LogP contribution in [0.2, 0.25) is 0 Å². The molecule has 0 saturated carbocycles. The highest BCUT2D eigenvalue weighted by Gasteiger charge is 2.06. The van der Waals surface area contributed by atoms with Gasteiger partial charge in [-0.3, -0.25) is 4.79 Å². The second kappa shape index (κ2) is 6.21. The number of methoxy groups -OCH3 is 1. The Morgan fingerprint density at radius 3 is 2.48 bits per heavy atom. The van der Waals surface area contributed by atoms with Gasteiger partial charge in [0, 0.05) is 20.2 Å². The van der Waals surface area contributed by atoms with Gasteiger partial charge in [-0.2, -0.15) is 5.10 Å². The number of esters is 1. The lowest BCUT2D eigenvalue weighted by Crippen LogP contribution is -2.24. The highest BCUT2D eigenvalue weighted by molar-refractivity contribution is 5.89. The summed E-state index contributed by atoms with van der Waals surface area (Å²) < 4.78 is 6.01. The molecule has 0 amide bonds. The monoisotopic (exact) mass is 287 g/mol. The number of ether oxygens (including phenoxy) is 1. The molecule has 0 bridgehead atoms. The fourth-order valence-corrected chi connectivity index (χ4v) is 1.82. The number of rotatable bonds is 4. The van der Waals surface area contributed by atoms with E-state index in [0.717, 1.165) is 11.3 Å². The molecule has 0 aliphatic heterocycles. The molecule has 2 aromatic rings. The Balaban J connectivity index is 2.19. The predicted molar refractivity (Wildman–Crippen MR) is 79.7 cm³/mol. The van der Waals surface area contributed by atoms with Gasteiger partial charge in [0.15, 0.2) is 0 Å². The molecular formula is C15H17N3O3. The van der Waals surface area contributed by atoms with Gasteiger partial charge in [-0.05, 0) is 17.7 Å². The number of nitrogens with zero attached hydrogens (tertiary/aromatic N) is 3. The molecule has 0 spiro atoms. The van der Waals surface area contributed by atoms with E-state index in [4.69, 9.17) is 0 Å². The van der Waals surface area contributed by atoms with Crippen LogP contribution in [0.3, 0.4) is 0 Å². The maximum atomic E-state index is 12.0. The molecule has 0 N–H and O–H groups in total. The largest absolute Gasteiger partial charge is 0.465 e. The van der Waals surface area contributed by atoms with Crippen LogP contribution < -0.4 is 10.5 Å². The van der Waals surface area contributed by atoms with Gasteiger partial charge < -0.3 is 9.64 Å². The highest BCUT2D eigenvalue weighted by Crippen LogP contribution is 2.08. The van der Waals surface area contributed by atoms with Crippen LogP contribution in [0.15, 0.2) is 41.3 Å². The second-order valence-corrected chi connectivity index (χ2v) is 4.79. The van der Waals surface area contributed by atoms with Crippen molar-refractivity contribution >= 4 is 11.7 Å². The van der Waals surface area contributed by atoms with E-state index in [1.54, 1.807) is 30.5 Å². The number of aromatic nitrogens is 2. The Morgan fingerprint density at radius 1 is 1.29 bits per heavy atom. The molecule has 1 aromatic heterocycles. The third-order valence-electron chi connectivity index (χ3n) is 3.08. The first kappa shape index (κ1) is 14.8. The first-order chi connectivity index (χ1) is 10.0. The first-order valence-corrected chi connectivity index (χ1v) is 6.43. The Kier molecular flexibility index (Phi) is 4.37. The lowest BCUT2D eigenvalue weighted by molar-refractivity contribution is 0.0600. The molecular weight excluding hydrogens is 270 g/mol. The van der Waals surface area contributed by atoms with Crippen LogP contribution in [0.25, 0.3) is 0 Å². The van der Waals surface area contributed by atoms with E-state index in [2.05, 4.69) is 9.84 Å². The zero-order valence-corrected chi connectivity index (χ0v) is 12.2. The standard InChI is InChI=1S/C15H17N3O3/c1-17(2)13-8-14(19)18(16-9-13)10-11-4-6-12(7-5-11)15(20)21-3/h4-9H,10H2,1-3H3. The van der Waals surface area contributed by atoms with Crippen molar-refractivity contribution in [1.29, 1.82) is 0 Å². The predicted octanol–water partition coefficient (Wildman–Crippen LogP) is 1.14. The summed E-state index contributed by atoms with van der Waals surface area (Å²) in [6, 6.07) is 8.43. The smallest absolute Gasteiger partial charge is 0.337 e. The Labute approximate surface area is 122 Å². The fourth-order valence-electron chi connectivity index (χ4n) is 1.82. The zero-order valence-electron chi connectivity index (χ0n) is 12.2. The van der Waals surface area contributed by atoms with E-state index >= 15 is 0 Å². The maximum absolute atomic E-state index is 12.0. The van der Waals surface area contributed by atoms with Gasteiger partial charge in [0.1, 0.15) is 0 Å². The zero-order chi connectivity index (χ0) is 15.4. The maximum Gasteiger partial charge on any atom is 0.337 e. The molecule has 6 heteroatoms. The molecule has 110 valence electrons. The average Bonchev–Trinajstić information content (AvgIpc) is 2.49. The minimum absolute atomic E-state index is 0.168. The fraction of sp³-hybridized carbons (Fsp3) is 0.267. The topological polar surface area (TPSA) is 64.4 Å². The lowest BCUT2D eigenvalue weighted by Gasteiger charge is -2.12. The van der Waals surface area contributed by atoms with Crippen LogP contribution >= 0.6 is 0 Å². The number of hydrogen-bond donors (Lipinski definition) is 0. The van der Waals surface area contributed by atoms with Gasteiger partial charge in [0.25, 0.3) is 5.56 Å². The number of anilines is 1. The van der Waals surface area contributed by atoms with Crippen LogP contribution in [0, 0.1) is 0 Å². The minimum Gasteiger partial charge on any atom is -0.465 e. The molecule has 1 aromatic carbocycles. The van der Waals surface area contributed by atoms with Crippen LogP contribution in [0.1, 0.15) is 15.9 Å². The average molecular weight is 287 g/mol. The van der Waals surface area contributed by atoms with Crippen molar-refractivity contribution < 1.29 is 9.53 Å². The van der Waals surface area contributed by atoms with Crippen molar-refractivity contribution in [3.05, 3.63) is 58.0 Å². The summed E-state index contributed by atoms with van der Waals surface area (Å²) in [5.74, 6) is -0.382. The summed E-state index contributed by atoms with van der Waals surface area (Å²) in [6.45, 7) is 0.355. The molecule has 0 aliphatic carbocycles. The van der Waals surface area contributed by atoms with E-state index < -0.39 is 0 Å². The number of hydrogen-bond acceptors (Lipinski definition) is 5. The summed E-state index contributed by atoms with van der Waals surface area (Å²) in [5, 5.41) is 4.14. The minimum atomic E-state index is -0.382. The van der Waals surface area contributed by atoms with Gasteiger partial charge in [0.05, 0.1) is 31.1 Å². The first-order valence-electron chi connectivity index (χ1n) is 6.43. The van der Waals surface area contributed by atoms with Crippen molar-refractivity contribution in [2.75, 3.05) is 26.1 Å². The van der Waals surface area contributed by atoms with E-state index in [-0.39, 0.29) is 11.5 Å². The Bertz CT molecular complexity index is 690. The van der Waals surface area contributed by atoms with Crippen molar-refractivity contribution in [1.82, 2.24) is 9.78 Å². The normalized spacial score (nSPS) is 10.2. The SMILES string of the molecule is COC(=O)c1ccc(Cn2ncc(N(C)C)cc2=O)cc1. The summed E-state index contributed by atoms with van der Waals surface area (Å²) in [6.07, 6.45) is 1.64. The Morgan fingerprint density at radius 2 is 1.95 bits per heavy atom. The molecule has 0 saturated heterocycles. The summed E-state index contributed by atoms with van der Waals surface area (Å²) >= 11 is 0. The van der Waals surface area contributed by atoms with Crippen molar-refractivity contribution in [2.45, 2.75) is 6.54 Å². The number of benzene rings is 1. The third kappa shape index (κ3) is 3.47. The van der Waals surface area contributed by atoms with Crippen molar-refractivity contribution in [2.24, 2.45) is 0 Å². The number of carbonyl (C=O) groups excluding carboxylic acids is 1. The van der Waals surface area contributed by atoms with E-state index in [9.17, 15) is 9.59 Å². The van der Waals surface area contributed by atoms with Crippen LogP contribution in [0.4, 0.5) is 5.69 Å².